The Hall–Kier alpha value is -2.91. The lowest BCUT2D eigenvalue weighted by Crippen LogP contribution is -2.30. The fourth-order valence-electron chi connectivity index (χ4n) is 1.59. The molecule has 0 saturated carbocycles. The molecule has 0 aliphatic heterocycles. The molecule has 2 amide bonds. The van der Waals surface area contributed by atoms with E-state index in [0.29, 0.717) is 0 Å². The van der Waals surface area contributed by atoms with E-state index in [0.717, 1.165) is 0 Å². The molecule has 0 spiro atoms. The number of nitrogens with zero attached hydrogens (tertiary/aromatic N) is 1. The largest absolute Gasteiger partial charge is 0.462 e. The average Bonchev–Trinajstić information content (AvgIpc) is 2.49. The fraction of sp³-hybridized carbons (Fsp3) is 0.533. The highest BCUT2D eigenvalue weighted by Crippen LogP contribution is 2.15. The molecule has 0 saturated heterocycles. The van der Waals surface area contributed by atoms with Gasteiger partial charge >= 0.3 is 23.9 Å². The third-order valence-corrected chi connectivity index (χ3v) is 2.45. The van der Waals surface area contributed by atoms with Crippen molar-refractivity contribution >= 4 is 29.7 Å². The Balaban J connectivity index is 6.33. The van der Waals surface area contributed by atoms with Gasteiger partial charge in [0.05, 0.1) is 25.0 Å². The minimum atomic E-state index is -1.08. The fourth-order valence-corrected chi connectivity index (χ4v) is 1.59. The topological polar surface area (TPSA) is 146 Å². The van der Waals surface area contributed by atoms with E-state index in [1.54, 1.807) is 13.8 Å². The Morgan fingerprint density at radius 3 is 1.80 bits per heavy atom. The molecule has 0 aromatic carbocycles. The van der Waals surface area contributed by atoms with Crippen LogP contribution in [0.1, 0.15) is 34.6 Å². The second-order valence-electron chi connectivity index (χ2n) is 4.82. The first-order chi connectivity index (χ1) is 11.6. The molecule has 10 heteroatoms. The van der Waals surface area contributed by atoms with Crippen LogP contribution in [0.5, 0.6) is 0 Å². The summed E-state index contributed by atoms with van der Waals surface area (Å²) in [5, 5.41) is 3.58. The first kappa shape index (κ1) is 22.1. The predicted molar refractivity (Wildman–Crippen MR) is 87.3 cm³/mol. The Labute approximate surface area is 145 Å². The van der Waals surface area contributed by atoms with Gasteiger partial charge in [-0.1, -0.05) is 0 Å². The lowest BCUT2D eigenvalue weighted by molar-refractivity contribution is -0.149. The number of esters is 3. The third kappa shape index (κ3) is 7.46. The van der Waals surface area contributed by atoms with E-state index < -0.39 is 41.2 Å². The van der Waals surface area contributed by atoms with Gasteiger partial charge in [0.2, 0.25) is 0 Å². The standard InChI is InChI=1S/C15H23N3O7/c1-6-23-12(19)11(13(20)24-7-2)10(14(21)25-8(3)4)9(5)17-18-15(16)22/h8H,6-7H2,1-5H3,(H3,16,18,22)/b17-9+. The van der Waals surface area contributed by atoms with Crippen LogP contribution in [0.15, 0.2) is 16.2 Å². The van der Waals surface area contributed by atoms with Crippen LogP contribution in [0.3, 0.4) is 0 Å². The Morgan fingerprint density at radius 1 is 0.960 bits per heavy atom. The second-order valence-corrected chi connectivity index (χ2v) is 4.82. The number of carbonyl (C=O) groups is 4. The van der Waals surface area contributed by atoms with E-state index in [9.17, 15) is 19.2 Å². The van der Waals surface area contributed by atoms with Crippen LogP contribution in [0, 0.1) is 0 Å². The lowest BCUT2D eigenvalue weighted by Gasteiger charge is -2.14. The number of urea groups is 1. The first-order valence-corrected chi connectivity index (χ1v) is 7.55. The van der Waals surface area contributed by atoms with Gasteiger partial charge in [0.25, 0.3) is 0 Å². The smallest absolute Gasteiger partial charge is 0.346 e. The van der Waals surface area contributed by atoms with Gasteiger partial charge in [-0.15, -0.1) is 0 Å². The molecule has 0 aromatic heterocycles. The van der Waals surface area contributed by atoms with Crippen LogP contribution >= 0.6 is 0 Å². The summed E-state index contributed by atoms with van der Waals surface area (Å²) in [4.78, 5) is 47.5. The summed E-state index contributed by atoms with van der Waals surface area (Å²) in [6, 6.07) is -0.996. The number of ether oxygens (including phenoxy) is 3. The van der Waals surface area contributed by atoms with Gasteiger partial charge in [-0.2, -0.15) is 5.10 Å². The van der Waals surface area contributed by atoms with Crippen molar-refractivity contribution in [1.29, 1.82) is 0 Å². The molecule has 0 atom stereocenters. The monoisotopic (exact) mass is 357 g/mol. The summed E-state index contributed by atoms with van der Waals surface area (Å²) in [5.74, 6) is -3.16. The molecule has 10 nitrogen and oxygen atoms in total. The minimum Gasteiger partial charge on any atom is -0.462 e. The van der Waals surface area contributed by atoms with Crippen LogP contribution in [-0.2, 0) is 28.6 Å². The molecule has 0 bridgehead atoms. The van der Waals surface area contributed by atoms with E-state index in [1.807, 2.05) is 5.43 Å². The summed E-state index contributed by atoms with van der Waals surface area (Å²) in [6.45, 7) is 7.43. The van der Waals surface area contributed by atoms with Crippen molar-refractivity contribution in [3.05, 3.63) is 11.1 Å². The molecule has 140 valence electrons. The predicted octanol–water partition coefficient (Wildman–Crippen LogP) is 0.405. The molecule has 0 rings (SSSR count). The summed E-state index contributed by atoms with van der Waals surface area (Å²) in [7, 11) is 0. The summed E-state index contributed by atoms with van der Waals surface area (Å²) >= 11 is 0. The van der Waals surface area contributed by atoms with E-state index >= 15 is 0 Å². The van der Waals surface area contributed by atoms with Gasteiger partial charge in [0.15, 0.2) is 5.57 Å². The maximum Gasteiger partial charge on any atom is 0.346 e. The molecule has 0 radical (unpaired) electrons. The highest BCUT2D eigenvalue weighted by molar-refractivity contribution is 6.30. The number of amides is 2. The molecule has 3 N–H and O–H groups in total. The van der Waals surface area contributed by atoms with Crippen LogP contribution < -0.4 is 11.2 Å². The summed E-state index contributed by atoms with van der Waals surface area (Å²) < 4.78 is 14.7. The second kappa shape index (κ2) is 10.8. The van der Waals surface area contributed by atoms with E-state index in [4.69, 9.17) is 19.9 Å². The highest BCUT2D eigenvalue weighted by Gasteiger charge is 2.32. The van der Waals surface area contributed by atoms with Gasteiger partial charge in [-0.3, -0.25) is 0 Å². The molecule has 0 unspecified atom stereocenters. The van der Waals surface area contributed by atoms with Crippen LogP contribution in [-0.4, -0.2) is 49.0 Å². The maximum absolute atomic E-state index is 12.4. The number of primary amides is 1. The molecule has 0 aromatic rings. The van der Waals surface area contributed by atoms with Crippen LogP contribution in [0.4, 0.5) is 4.79 Å². The number of hydrazone groups is 1. The SMILES string of the molecule is CCOC(=O)C(C(=O)OCC)=C(C(=O)OC(C)C)/C(C)=N/NC(N)=O. The van der Waals surface area contributed by atoms with Gasteiger partial charge in [-0.25, -0.2) is 24.6 Å². The van der Waals surface area contributed by atoms with Crippen molar-refractivity contribution in [3.63, 3.8) is 0 Å². The van der Waals surface area contributed by atoms with E-state index in [2.05, 4.69) is 5.10 Å². The number of hydrogen-bond donors (Lipinski definition) is 2. The van der Waals surface area contributed by atoms with E-state index in [1.165, 1.54) is 20.8 Å². The minimum absolute atomic E-state index is 0.0377. The Bertz CT molecular complexity index is 574. The summed E-state index contributed by atoms with van der Waals surface area (Å²) in [5.41, 5.74) is 5.48. The number of nitrogens with two attached hydrogens (primary N) is 1. The Morgan fingerprint density at radius 2 is 1.44 bits per heavy atom. The number of hydrogen-bond acceptors (Lipinski definition) is 8. The lowest BCUT2D eigenvalue weighted by atomic mass is 10.0. The molecule has 25 heavy (non-hydrogen) atoms. The zero-order valence-electron chi connectivity index (χ0n) is 14.9. The van der Waals surface area contributed by atoms with Crippen molar-refractivity contribution in [2.45, 2.75) is 40.7 Å². The quantitative estimate of drug-likeness (QED) is 0.122. The molecular formula is C15H23N3O7. The molecule has 0 fully saturated rings. The summed E-state index contributed by atoms with van der Waals surface area (Å²) in [6.07, 6.45) is -0.537. The third-order valence-electron chi connectivity index (χ3n) is 2.45. The highest BCUT2D eigenvalue weighted by atomic mass is 16.6. The zero-order valence-corrected chi connectivity index (χ0v) is 14.9. The first-order valence-electron chi connectivity index (χ1n) is 7.55. The Kier molecular flexibility index (Phi) is 9.53. The number of carbonyl (C=O) groups excluding carboxylic acids is 4. The molecule has 0 aliphatic rings. The van der Waals surface area contributed by atoms with Gasteiger partial charge in [-0.05, 0) is 34.6 Å². The van der Waals surface area contributed by atoms with Crippen molar-refractivity contribution in [2.75, 3.05) is 13.2 Å². The maximum atomic E-state index is 12.4. The molecule has 0 heterocycles. The molecular weight excluding hydrogens is 334 g/mol. The van der Waals surface area contributed by atoms with Crippen molar-refractivity contribution in [3.8, 4) is 0 Å². The zero-order chi connectivity index (χ0) is 19.6. The van der Waals surface area contributed by atoms with Crippen molar-refractivity contribution in [1.82, 2.24) is 5.43 Å². The normalized spacial score (nSPS) is 10.7. The van der Waals surface area contributed by atoms with Crippen molar-refractivity contribution in [2.24, 2.45) is 10.8 Å². The number of rotatable bonds is 8. The van der Waals surface area contributed by atoms with Gasteiger partial charge < -0.3 is 19.9 Å². The van der Waals surface area contributed by atoms with Gasteiger partial charge in [0.1, 0.15) is 5.57 Å². The molecule has 0 aliphatic carbocycles. The average molecular weight is 357 g/mol. The van der Waals surface area contributed by atoms with Crippen LogP contribution in [0.25, 0.3) is 0 Å². The number of nitrogens with one attached hydrogen (secondary N) is 1. The van der Waals surface area contributed by atoms with Gasteiger partial charge in [0, 0.05) is 0 Å². The van der Waals surface area contributed by atoms with Crippen molar-refractivity contribution < 1.29 is 33.4 Å². The van der Waals surface area contributed by atoms with E-state index in [-0.39, 0.29) is 18.9 Å². The van der Waals surface area contributed by atoms with Crippen LogP contribution in [0.2, 0.25) is 0 Å².